The van der Waals surface area contributed by atoms with Crippen molar-refractivity contribution < 1.29 is 9.47 Å². The molecule has 0 N–H and O–H groups in total. The fourth-order valence-corrected chi connectivity index (χ4v) is 2.93. The average molecular weight is 314 g/mol. The lowest BCUT2D eigenvalue weighted by Gasteiger charge is -2.35. The molecule has 0 radical (unpaired) electrons. The molecule has 1 fully saturated rings. The molecule has 0 bridgehead atoms. The Hall–Kier alpha value is -1.46. The highest BCUT2D eigenvalue weighted by atomic mass is 16.5. The molecular weight excluding hydrogens is 284 g/mol. The number of methoxy groups -OCH3 is 1. The Morgan fingerprint density at radius 3 is 2.48 bits per heavy atom. The molecule has 1 aromatic rings. The van der Waals surface area contributed by atoms with Crippen LogP contribution in [-0.2, 0) is 11.3 Å². The average Bonchev–Trinajstić information content (AvgIpc) is 2.57. The molecular formula is C21H30O2. The normalized spacial score (nSPS) is 19.6. The van der Waals surface area contributed by atoms with Crippen LogP contribution in [0, 0.1) is 23.7 Å². The Labute approximate surface area is 141 Å². The van der Waals surface area contributed by atoms with E-state index in [1.165, 1.54) is 37.7 Å². The molecule has 0 aromatic heterocycles. The van der Waals surface area contributed by atoms with Gasteiger partial charge in [0.2, 0.25) is 0 Å². The van der Waals surface area contributed by atoms with Gasteiger partial charge in [0.1, 0.15) is 5.75 Å². The molecule has 1 aliphatic rings. The van der Waals surface area contributed by atoms with Gasteiger partial charge in [0.15, 0.2) is 0 Å². The minimum atomic E-state index is 0.690. The number of ether oxygens (including phenoxy) is 2. The van der Waals surface area contributed by atoms with Gasteiger partial charge in [-0.05, 0) is 48.8 Å². The second-order valence-electron chi connectivity index (χ2n) is 6.48. The third-order valence-corrected chi connectivity index (χ3v) is 4.73. The highest BCUT2D eigenvalue weighted by Crippen LogP contribution is 2.36. The van der Waals surface area contributed by atoms with Gasteiger partial charge in [-0.3, -0.25) is 0 Å². The predicted molar refractivity (Wildman–Crippen MR) is 95.4 cm³/mol. The fraction of sp³-hybridized carbons (Fsp3) is 0.619. The molecule has 1 saturated carbocycles. The van der Waals surface area contributed by atoms with Crippen molar-refractivity contribution in [2.75, 3.05) is 13.7 Å². The first-order valence-electron chi connectivity index (χ1n) is 9.00. The van der Waals surface area contributed by atoms with Crippen molar-refractivity contribution in [3.05, 3.63) is 29.8 Å². The van der Waals surface area contributed by atoms with Crippen LogP contribution in [0.4, 0.5) is 0 Å². The van der Waals surface area contributed by atoms with E-state index in [2.05, 4.69) is 30.9 Å². The van der Waals surface area contributed by atoms with Crippen molar-refractivity contribution in [1.82, 2.24) is 0 Å². The van der Waals surface area contributed by atoms with Crippen LogP contribution in [-0.4, -0.2) is 13.7 Å². The first kappa shape index (κ1) is 17.9. The third kappa shape index (κ3) is 6.28. The molecule has 23 heavy (non-hydrogen) atoms. The Bertz CT molecular complexity index is 495. The summed E-state index contributed by atoms with van der Waals surface area (Å²) in [7, 11) is 1.69. The molecule has 0 aliphatic heterocycles. The highest BCUT2D eigenvalue weighted by molar-refractivity contribution is 5.26. The Morgan fingerprint density at radius 1 is 1.04 bits per heavy atom. The fourth-order valence-electron chi connectivity index (χ4n) is 2.93. The number of hydrogen-bond acceptors (Lipinski definition) is 2. The van der Waals surface area contributed by atoms with Gasteiger partial charge in [0, 0.05) is 12.8 Å². The monoisotopic (exact) mass is 314 g/mol. The minimum absolute atomic E-state index is 0.690. The van der Waals surface area contributed by atoms with Crippen molar-refractivity contribution in [2.45, 2.75) is 58.5 Å². The summed E-state index contributed by atoms with van der Waals surface area (Å²) in [5, 5.41) is 0. The third-order valence-electron chi connectivity index (χ3n) is 4.73. The van der Waals surface area contributed by atoms with Gasteiger partial charge >= 0.3 is 0 Å². The number of rotatable bonds is 9. The van der Waals surface area contributed by atoms with E-state index in [1.807, 2.05) is 12.1 Å². The molecule has 2 rings (SSSR count). The molecule has 0 saturated heterocycles. The lowest BCUT2D eigenvalue weighted by molar-refractivity contribution is 0.0252. The summed E-state index contributed by atoms with van der Waals surface area (Å²) in [6.45, 7) is 3.79. The Balaban J connectivity index is 1.60. The molecule has 0 heterocycles. The lowest BCUT2D eigenvalue weighted by atomic mass is 9.72. The van der Waals surface area contributed by atoms with E-state index in [0.717, 1.165) is 31.1 Å². The first-order valence-corrected chi connectivity index (χ1v) is 9.00. The maximum absolute atomic E-state index is 5.90. The predicted octanol–water partition coefficient (Wildman–Crippen LogP) is 5.21. The Kier molecular flexibility index (Phi) is 8.04. The molecule has 2 atom stereocenters. The van der Waals surface area contributed by atoms with Crippen LogP contribution in [0.5, 0.6) is 5.75 Å². The van der Waals surface area contributed by atoms with E-state index in [4.69, 9.17) is 9.47 Å². The van der Waals surface area contributed by atoms with Crippen LogP contribution < -0.4 is 4.74 Å². The van der Waals surface area contributed by atoms with E-state index in [-0.39, 0.29) is 0 Å². The summed E-state index contributed by atoms with van der Waals surface area (Å²) in [4.78, 5) is 0. The number of hydrogen-bond donors (Lipinski definition) is 0. The SMILES string of the molecule is CCCCCC#CC[C@@H]1CC[C@H]1COCc1ccc(OC)cc1. The van der Waals surface area contributed by atoms with Gasteiger partial charge in [-0.2, -0.15) is 0 Å². The van der Waals surface area contributed by atoms with Crippen molar-refractivity contribution in [2.24, 2.45) is 11.8 Å². The standard InChI is InChI=1S/C21H30O2/c1-3-4-5-6-7-8-9-19-12-13-20(19)17-23-16-18-10-14-21(22-2)15-11-18/h10-11,14-15,19-20H,3-6,9,12-13,16-17H2,1-2H3/t19-,20+/m1/s1. The zero-order valence-corrected chi connectivity index (χ0v) is 14.6. The molecule has 0 amide bonds. The van der Waals surface area contributed by atoms with E-state index in [9.17, 15) is 0 Å². The van der Waals surface area contributed by atoms with E-state index >= 15 is 0 Å². The van der Waals surface area contributed by atoms with Gasteiger partial charge in [-0.1, -0.05) is 31.9 Å². The largest absolute Gasteiger partial charge is 0.497 e. The van der Waals surface area contributed by atoms with Crippen molar-refractivity contribution in [3.63, 3.8) is 0 Å². The van der Waals surface area contributed by atoms with Gasteiger partial charge in [-0.15, -0.1) is 11.8 Å². The van der Waals surface area contributed by atoms with Gasteiger partial charge in [0.05, 0.1) is 20.3 Å². The van der Waals surface area contributed by atoms with Crippen molar-refractivity contribution >= 4 is 0 Å². The van der Waals surface area contributed by atoms with Gasteiger partial charge in [0.25, 0.3) is 0 Å². The van der Waals surface area contributed by atoms with Gasteiger partial charge in [-0.25, -0.2) is 0 Å². The van der Waals surface area contributed by atoms with Crippen molar-refractivity contribution in [3.8, 4) is 17.6 Å². The first-order chi connectivity index (χ1) is 11.3. The van der Waals surface area contributed by atoms with Gasteiger partial charge < -0.3 is 9.47 Å². The molecule has 2 nitrogen and oxygen atoms in total. The molecule has 0 spiro atoms. The summed E-state index contributed by atoms with van der Waals surface area (Å²) in [5.74, 6) is 9.06. The summed E-state index contributed by atoms with van der Waals surface area (Å²) < 4.78 is 11.1. The number of unbranched alkanes of at least 4 members (excludes halogenated alkanes) is 3. The van der Waals surface area contributed by atoms with E-state index in [0.29, 0.717) is 12.5 Å². The topological polar surface area (TPSA) is 18.5 Å². The Morgan fingerprint density at radius 2 is 1.83 bits per heavy atom. The molecule has 2 heteroatoms. The zero-order valence-electron chi connectivity index (χ0n) is 14.6. The lowest BCUT2D eigenvalue weighted by Crippen LogP contribution is -2.29. The molecule has 126 valence electrons. The van der Waals surface area contributed by atoms with Crippen molar-refractivity contribution in [1.29, 1.82) is 0 Å². The van der Waals surface area contributed by atoms with E-state index < -0.39 is 0 Å². The van der Waals surface area contributed by atoms with E-state index in [1.54, 1.807) is 7.11 Å². The van der Waals surface area contributed by atoms with Crippen LogP contribution in [0.1, 0.15) is 57.4 Å². The minimum Gasteiger partial charge on any atom is -0.497 e. The maximum atomic E-state index is 5.90. The smallest absolute Gasteiger partial charge is 0.118 e. The second-order valence-corrected chi connectivity index (χ2v) is 6.48. The van der Waals surface area contributed by atoms with Crippen LogP contribution in [0.2, 0.25) is 0 Å². The number of benzene rings is 1. The maximum Gasteiger partial charge on any atom is 0.118 e. The zero-order chi connectivity index (χ0) is 16.3. The molecule has 1 aromatic carbocycles. The highest BCUT2D eigenvalue weighted by Gasteiger charge is 2.29. The summed E-state index contributed by atoms with van der Waals surface area (Å²) in [6, 6.07) is 8.11. The van der Waals surface area contributed by atoms with Crippen LogP contribution in [0.25, 0.3) is 0 Å². The summed E-state index contributed by atoms with van der Waals surface area (Å²) in [5.41, 5.74) is 1.21. The summed E-state index contributed by atoms with van der Waals surface area (Å²) >= 11 is 0. The van der Waals surface area contributed by atoms with Crippen LogP contribution >= 0.6 is 0 Å². The van der Waals surface area contributed by atoms with Crippen LogP contribution in [0.3, 0.4) is 0 Å². The molecule has 1 aliphatic carbocycles. The summed E-state index contributed by atoms with van der Waals surface area (Å²) in [6.07, 6.45) is 8.58. The molecule has 0 unspecified atom stereocenters. The second kappa shape index (κ2) is 10.3. The quantitative estimate of drug-likeness (QED) is 0.460. The van der Waals surface area contributed by atoms with Crippen LogP contribution in [0.15, 0.2) is 24.3 Å².